The zero-order valence-electron chi connectivity index (χ0n) is 13.4. The predicted octanol–water partition coefficient (Wildman–Crippen LogP) is -0.330. The van der Waals surface area contributed by atoms with Crippen LogP contribution in [0.25, 0.3) is 0 Å². The van der Waals surface area contributed by atoms with Crippen LogP contribution in [0.3, 0.4) is 0 Å². The highest BCUT2D eigenvalue weighted by Gasteiger charge is 2.31. The van der Waals surface area contributed by atoms with Crippen LogP contribution < -0.4 is 5.32 Å². The van der Waals surface area contributed by atoms with Crippen LogP contribution in [0.4, 0.5) is 0 Å². The molecule has 0 bridgehead atoms. The first kappa shape index (κ1) is 16.2. The fourth-order valence-corrected chi connectivity index (χ4v) is 3.32. The molecule has 0 unspecified atom stereocenters. The minimum atomic E-state index is -0.152. The van der Waals surface area contributed by atoms with E-state index in [4.69, 9.17) is 4.74 Å². The number of β-amino-alcohol motifs (C(OH)–C–C–N with tert-alkyl or cyclic N) is 1. The van der Waals surface area contributed by atoms with Crippen LogP contribution in [0.1, 0.15) is 25.7 Å². The number of nitrogens with zero attached hydrogens (tertiary/aromatic N) is 2. The molecule has 0 aromatic rings. The normalized spacial score (nSPS) is 28.7. The SMILES string of the molecule is O=C(CN1CCN(C[C@H](O)C2CC2)CC1)NC[C@@H]1CCCO1. The van der Waals surface area contributed by atoms with Gasteiger partial charge in [0.25, 0.3) is 0 Å². The van der Waals surface area contributed by atoms with Gasteiger partial charge in [0.15, 0.2) is 0 Å². The first-order valence-corrected chi connectivity index (χ1v) is 8.72. The molecule has 0 spiro atoms. The minimum absolute atomic E-state index is 0.0990. The predicted molar refractivity (Wildman–Crippen MR) is 83.6 cm³/mol. The monoisotopic (exact) mass is 311 g/mol. The molecule has 6 nitrogen and oxygen atoms in total. The number of nitrogens with one attached hydrogen (secondary N) is 1. The summed E-state index contributed by atoms with van der Waals surface area (Å²) in [5, 5.41) is 13.0. The third kappa shape index (κ3) is 4.91. The van der Waals surface area contributed by atoms with E-state index in [9.17, 15) is 9.90 Å². The Balaban J connectivity index is 1.28. The highest BCUT2D eigenvalue weighted by Crippen LogP contribution is 2.32. The van der Waals surface area contributed by atoms with Gasteiger partial charge in [0.1, 0.15) is 0 Å². The van der Waals surface area contributed by atoms with Crippen LogP contribution in [-0.2, 0) is 9.53 Å². The Labute approximate surface area is 132 Å². The van der Waals surface area contributed by atoms with E-state index in [1.165, 1.54) is 12.8 Å². The second kappa shape index (κ2) is 7.73. The molecule has 3 aliphatic rings. The molecule has 1 amide bonds. The number of aliphatic hydroxyl groups is 1. The summed E-state index contributed by atoms with van der Waals surface area (Å²) in [6.45, 7) is 6.46. The quantitative estimate of drug-likeness (QED) is 0.674. The summed E-state index contributed by atoms with van der Waals surface area (Å²) < 4.78 is 5.51. The third-order valence-electron chi connectivity index (χ3n) is 4.99. The van der Waals surface area contributed by atoms with Crippen molar-refractivity contribution in [2.75, 3.05) is 52.4 Å². The standard InChI is InChI=1S/C16H29N3O3/c20-15(13-3-4-13)11-18-5-7-19(8-6-18)12-16(21)17-10-14-2-1-9-22-14/h13-15,20H,1-12H2,(H,17,21)/t14-,15-/m0/s1. The summed E-state index contributed by atoms with van der Waals surface area (Å²) in [7, 11) is 0. The summed E-state index contributed by atoms with van der Waals surface area (Å²) in [6, 6.07) is 0. The van der Waals surface area contributed by atoms with Crippen molar-refractivity contribution in [3.8, 4) is 0 Å². The second-order valence-corrected chi connectivity index (χ2v) is 6.92. The Morgan fingerprint density at radius 2 is 1.91 bits per heavy atom. The van der Waals surface area contributed by atoms with Crippen molar-refractivity contribution in [3.05, 3.63) is 0 Å². The van der Waals surface area contributed by atoms with Crippen LogP contribution in [0.5, 0.6) is 0 Å². The van der Waals surface area contributed by atoms with Crippen molar-refractivity contribution in [1.82, 2.24) is 15.1 Å². The Morgan fingerprint density at radius 1 is 1.18 bits per heavy atom. The van der Waals surface area contributed by atoms with Gasteiger partial charge >= 0.3 is 0 Å². The van der Waals surface area contributed by atoms with E-state index in [1.807, 2.05) is 0 Å². The molecule has 0 aromatic heterocycles. The van der Waals surface area contributed by atoms with Gasteiger partial charge in [0, 0.05) is 45.9 Å². The number of rotatable bonds is 7. The van der Waals surface area contributed by atoms with Gasteiger partial charge in [-0.25, -0.2) is 0 Å². The lowest BCUT2D eigenvalue weighted by Gasteiger charge is -2.35. The molecule has 1 saturated carbocycles. The molecule has 0 aromatic carbocycles. The van der Waals surface area contributed by atoms with Gasteiger partial charge in [-0.3, -0.25) is 14.6 Å². The van der Waals surface area contributed by atoms with E-state index in [2.05, 4.69) is 15.1 Å². The molecule has 6 heteroatoms. The van der Waals surface area contributed by atoms with Gasteiger partial charge in [0.05, 0.1) is 18.8 Å². The number of amides is 1. The summed E-state index contributed by atoms with van der Waals surface area (Å²) in [5.74, 6) is 0.642. The van der Waals surface area contributed by atoms with Gasteiger partial charge < -0.3 is 15.2 Å². The van der Waals surface area contributed by atoms with Gasteiger partial charge in [0.2, 0.25) is 5.91 Å². The van der Waals surface area contributed by atoms with Crippen LogP contribution in [0.2, 0.25) is 0 Å². The van der Waals surface area contributed by atoms with E-state index in [-0.39, 0.29) is 18.1 Å². The summed E-state index contributed by atoms with van der Waals surface area (Å²) in [5.41, 5.74) is 0. The Morgan fingerprint density at radius 3 is 2.55 bits per heavy atom. The van der Waals surface area contributed by atoms with Crippen molar-refractivity contribution in [2.45, 2.75) is 37.9 Å². The maximum atomic E-state index is 12.0. The van der Waals surface area contributed by atoms with E-state index in [0.29, 0.717) is 19.0 Å². The number of hydrogen-bond acceptors (Lipinski definition) is 5. The molecular formula is C16H29N3O3. The summed E-state index contributed by atoms with van der Waals surface area (Å²) in [6.07, 6.45) is 4.60. The fourth-order valence-electron chi connectivity index (χ4n) is 3.32. The molecule has 22 heavy (non-hydrogen) atoms. The van der Waals surface area contributed by atoms with E-state index < -0.39 is 0 Å². The summed E-state index contributed by atoms with van der Waals surface area (Å²) >= 11 is 0. The summed E-state index contributed by atoms with van der Waals surface area (Å²) in [4.78, 5) is 16.5. The molecule has 1 aliphatic carbocycles. The first-order chi connectivity index (χ1) is 10.7. The molecule has 2 heterocycles. The number of aliphatic hydroxyl groups excluding tert-OH is 1. The maximum Gasteiger partial charge on any atom is 0.234 e. The third-order valence-corrected chi connectivity index (χ3v) is 4.99. The molecule has 0 radical (unpaired) electrons. The van der Waals surface area contributed by atoms with Gasteiger partial charge in [-0.05, 0) is 31.6 Å². The van der Waals surface area contributed by atoms with Crippen molar-refractivity contribution in [2.24, 2.45) is 5.92 Å². The van der Waals surface area contributed by atoms with Gasteiger partial charge in [-0.15, -0.1) is 0 Å². The molecule has 2 atom stereocenters. The molecule has 2 saturated heterocycles. The van der Waals surface area contributed by atoms with Crippen molar-refractivity contribution in [1.29, 1.82) is 0 Å². The number of ether oxygens (including phenoxy) is 1. The van der Waals surface area contributed by atoms with Crippen LogP contribution in [0, 0.1) is 5.92 Å². The fraction of sp³-hybridized carbons (Fsp3) is 0.938. The highest BCUT2D eigenvalue weighted by atomic mass is 16.5. The van der Waals surface area contributed by atoms with Crippen molar-refractivity contribution in [3.63, 3.8) is 0 Å². The second-order valence-electron chi connectivity index (χ2n) is 6.92. The van der Waals surface area contributed by atoms with Crippen LogP contribution in [0.15, 0.2) is 0 Å². The Kier molecular flexibility index (Phi) is 5.68. The topological polar surface area (TPSA) is 65.0 Å². The highest BCUT2D eigenvalue weighted by molar-refractivity contribution is 5.78. The Bertz CT molecular complexity index is 362. The molecule has 3 rings (SSSR count). The van der Waals surface area contributed by atoms with Crippen molar-refractivity contribution < 1.29 is 14.6 Å². The molecule has 2 aliphatic heterocycles. The zero-order valence-corrected chi connectivity index (χ0v) is 13.4. The minimum Gasteiger partial charge on any atom is -0.392 e. The lowest BCUT2D eigenvalue weighted by Crippen LogP contribution is -2.51. The smallest absolute Gasteiger partial charge is 0.234 e. The number of hydrogen-bond donors (Lipinski definition) is 2. The number of carbonyl (C=O) groups excluding carboxylic acids is 1. The van der Waals surface area contributed by atoms with E-state index in [1.54, 1.807) is 0 Å². The average Bonchev–Trinajstić information content (AvgIpc) is 3.24. The van der Waals surface area contributed by atoms with Crippen LogP contribution in [-0.4, -0.2) is 85.4 Å². The molecule has 126 valence electrons. The molecule has 2 N–H and O–H groups in total. The van der Waals surface area contributed by atoms with Crippen molar-refractivity contribution >= 4 is 5.91 Å². The Hall–Kier alpha value is -0.690. The molecule has 3 fully saturated rings. The number of piperazine rings is 1. The van der Waals surface area contributed by atoms with Gasteiger partial charge in [-0.2, -0.15) is 0 Å². The van der Waals surface area contributed by atoms with Gasteiger partial charge in [-0.1, -0.05) is 0 Å². The van der Waals surface area contributed by atoms with E-state index in [0.717, 1.165) is 52.2 Å². The van der Waals surface area contributed by atoms with Crippen LogP contribution >= 0.6 is 0 Å². The zero-order chi connectivity index (χ0) is 15.4. The lowest BCUT2D eigenvalue weighted by atomic mass is 10.2. The maximum absolute atomic E-state index is 12.0. The van der Waals surface area contributed by atoms with E-state index >= 15 is 0 Å². The largest absolute Gasteiger partial charge is 0.392 e. The average molecular weight is 311 g/mol. The lowest BCUT2D eigenvalue weighted by molar-refractivity contribution is -0.123. The first-order valence-electron chi connectivity index (χ1n) is 8.72. The number of carbonyl (C=O) groups is 1. The molecular weight excluding hydrogens is 282 g/mol.